The number of fused-ring (bicyclic) bond motifs is 1. The van der Waals surface area contributed by atoms with Crippen LogP contribution < -0.4 is 4.74 Å². The Bertz CT molecular complexity index is 1620. The van der Waals surface area contributed by atoms with Gasteiger partial charge in [0.15, 0.2) is 0 Å². The van der Waals surface area contributed by atoms with Crippen LogP contribution in [0.1, 0.15) is 41.4 Å². The van der Waals surface area contributed by atoms with Crippen molar-refractivity contribution in [2.75, 3.05) is 0 Å². The highest BCUT2D eigenvalue weighted by Crippen LogP contribution is 2.39. The summed E-state index contributed by atoms with van der Waals surface area (Å²) in [6.07, 6.45) is 1.73. The summed E-state index contributed by atoms with van der Waals surface area (Å²) in [5.41, 5.74) is 2.52. The van der Waals surface area contributed by atoms with Gasteiger partial charge in [0.25, 0.3) is 0 Å². The molecule has 37 heavy (non-hydrogen) atoms. The van der Waals surface area contributed by atoms with Crippen LogP contribution in [0.5, 0.6) is 11.6 Å². The number of aromatic nitrogens is 2. The molecule has 0 amide bonds. The fraction of sp³-hybridized carbons (Fsp3) is 0.143. The second-order valence-corrected chi connectivity index (χ2v) is 9.66. The third kappa shape index (κ3) is 4.63. The molecule has 2 aromatic heterocycles. The molecular formula is C28H22Cl2N2O5. The lowest BCUT2D eigenvalue weighted by molar-refractivity contribution is 0.0697. The average Bonchev–Trinajstić information content (AvgIpc) is 3.43. The van der Waals surface area contributed by atoms with Gasteiger partial charge in [-0.3, -0.25) is 4.57 Å². The molecule has 0 spiro atoms. The molecule has 0 unspecified atom stereocenters. The van der Waals surface area contributed by atoms with Crippen LogP contribution in [0.4, 0.5) is 0 Å². The topological polar surface area (TPSA) is 97.7 Å². The normalized spacial score (nSPS) is 11.4. The third-order valence-electron chi connectivity index (χ3n) is 6.06. The Morgan fingerprint density at radius 2 is 1.81 bits per heavy atom. The molecule has 188 valence electrons. The van der Waals surface area contributed by atoms with E-state index in [4.69, 9.17) is 32.5 Å². The first kappa shape index (κ1) is 24.7. The predicted molar refractivity (Wildman–Crippen MR) is 142 cm³/mol. The maximum absolute atomic E-state index is 11.4. The summed E-state index contributed by atoms with van der Waals surface area (Å²) in [6.45, 7) is 4.16. The van der Waals surface area contributed by atoms with Crippen LogP contribution in [0.2, 0.25) is 10.0 Å². The highest BCUT2D eigenvalue weighted by atomic mass is 35.5. The standard InChI is InChI=1S/C28H22Cl2N2O5/c1-15(2)26-21(25(31-37-26)24-22(29)7-4-8-23(24)30)14-36-19-9-10-20-17(12-19)13-32(27(20)33)18-6-3-5-16(11-18)28(34)35/h3-13,15,33H,14H2,1-2H3,(H,34,35). The first-order chi connectivity index (χ1) is 17.7. The van der Waals surface area contributed by atoms with E-state index in [0.717, 1.165) is 10.9 Å². The minimum Gasteiger partial charge on any atom is -0.494 e. The summed E-state index contributed by atoms with van der Waals surface area (Å²) < 4.78 is 13.3. The quantitative estimate of drug-likeness (QED) is 0.221. The molecule has 0 saturated carbocycles. The van der Waals surface area contributed by atoms with E-state index in [1.165, 1.54) is 16.7 Å². The largest absolute Gasteiger partial charge is 0.494 e. The Labute approximate surface area is 222 Å². The van der Waals surface area contributed by atoms with Crippen molar-refractivity contribution in [1.29, 1.82) is 0 Å². The Kier molecular flexibility index (Phi) is 6.58. The summed E-state index contributed by atoms with van der Waals surface area (Å²) in [7, 11) is 0. The molecule has 0 bridgehead atoms. The molecule has 0 aliphatic carbocycles. The van der Waals surface area contributed by atoms with Crippen molar-refractivity contribution in [1.82, 2.24) is 9.72 Å². The zero-order chi connectivity index (χ0) is 26.3. The summed E-state index contributed by atoms with van der Waals surface area (Å²) in [5, 5.41) is 26.6. The SMILES string of the molecule is CC(C)c1onc(-c2c(Cl)cccc2Cl)c1COc1ccc2c(O)n(-c3cccc(C(=O)O)c3)cc2c1. The maximum Gasteiger partial charge on any atom is 0.335 e. The summed E-state index contributed by atoms with van der Waals surface area (Å²) in [6, 6.07) is 16.9. The second-order valence-electron chi connectivity index (χ2n) is 8.84. The molecule has 0 saturated heterocycles. The van der Waals surface area contributed by atoms with Gasteiger partial charge < -0.3 is 19.5 Å². The Morgan fingerprint density at radius 3 is 2.51 bits per heavy atom. The van der Waals surface area contributed by atoms with Gasteiger partial charge in [-0.25, -0.2) is 4.79 Å². The molecule has 7 nitrogen and oxygen atoms in total. The average molecular weight is 537 g/mol. The van der Waals surface area contributed by atoms with Gasteiger partial charge in [-0.2, -0.15) is 0 Å². The molecule has 0 fully saturated rings. The number of carboxylic acid groups (broad SMARTS) is 1. The number of rotatable bonds is 7. The van der Waals surface area contributed by atoms with Crippen LogP contribution in [0.25, 0.3) is 27.7 Å². The molecule has 0 atom stereocenters. The van der Waals surface area contributed by atoms with E-state index >= 15 is 0 Å². The highest BCUT2D eigenvalue weighted by molar-refractivity contribution is 6.39. The smallest absolute Gasteiger partial charge is 0.335 e. The van der Waals surface area contributed by atoms with E-state index in [-0.39, 0.29) is 24.0 Å². The number of hydrogen-bond acceptors (Lipinski definition) is 5. The zero-order valence-electron chi connectivity index (χ0n) is 19.9. The lowest BCUT2D eigenvalue weighted by atomic mass is 10.0. The van der Waals surface area contributed by atoms with Crippen molar-refractivity contribution in [3.8, 4) is 28.6 Å². The number of aromatic hydroxyl groups is 1. The van der Waals surface area contributed by atoms with Crippen LogP contribution in [0, 0.1) is 0 Å². The lowest BCUT2D eigenvalue weighted by Gasteiger charge is -2.11. The van der Waals surface area contributed by atoms with E-state index in [1.807, 2.05) is 13.8 Å². The van der Waals surface area contributed by atoms with E-state index in [0.29, 0.717) is 43.9 Å². The van der Waals surface area contributed by atoms with E-state index in [2.05, 4.69) is 5.16 Å². The molecule has 2 N–H and O–H groups in total. The molecule has 0 aliphatic heterocycles. The van der Waals surface area contributed by atoms with Gasteiger partial charge >= 0.3 is 5.97 Å². The number of nitrogens with zero attached hydrogens (tertiary/aromatic N) is 2. The Morgan fingerprint density at radius 1 is 1.08 bits per heavy atom. The van der Waals surface area contributed by atoms with Crippen molar-refractivity contribution in [3.05, 3.63) is 93.8 Å². The van der Waals surface area contributed by atoms with Gasteiger partial charge in [0, 0.05) is 34.1 Å². The monoisotopic (exact) mass is 536 g/mol. The van der Waals surface area contributed by atoms with Crippen LogP contribution in [-0.4, -0.2) is 25.9 Å². The van der Waals surface area contributed by atoms with E-state index in [9.17, 15) is 15.0 Å². The van der Waals surface area contributed by atoms with Gasteiger partial charge in [0.05, 0.1) is 21.2 Å². The number of carboxylic acids is 1. The van der Waals surface area contributed by atoms with Gasteiger partial charge in [-0.15, -0.1) is 0 Å². The Balaban J connectivity index is 1.48. The number of hydrogen-bond donors (Lipinski definition) is 2. The number of benzene rings is 3. The lowest BCUT2D eigenvalue weighted by Crippen LogP contribution is -2.01. The van der Waals surface area contributed by atoms with Crippen LogP contribution >= 0.6 is 23.2 Å². The molecule has 2 heterocycles. The highest BCUT2D eigenvalue weighted by Gasteiger charge is 2.24. The first-order valence-electron chi connectivity index (χ1n) is 11.5. The van der Waals surface area contributed by atoms with E-state index < -0.39 is 5.97 Å². The second kappa shape index (κ2) is 9.84. The number of carbonyl (C=O) groups is 1. The van der Waals surface area contributed by atoms with Crippen LogP contribution in [-0.2, 0) is 6.61 Å². The maximum atomic E-state index is 11.4. The van der Waals surface area contributed by atoms with Crippen molar-refractivity contribution in [2.24, 2.45) is 0 Å². The zero-order valence-corrected chi connectivity index (χ0v) is 21.4. The van der Waals surface area contributed by atoms with Gasteiger partial charge in [0.2, 0.25) is 5.88 Å². The predicted octanol–water partition coefficient (Wildman–Crippen LogP) is 7.70. The van der Waals surface area contributed by atoms with Crippen molar-refractivity contribution in [3.63, 3.8) is 0 Å². The van der Waals surface area contributed by atoms with Crippen molar-refractivity contribution >= 4 is 39.9 Å². The number of halogens is 2. The molecule has 3 aromatic carbocycles. The minimum atomic E-state index is -1.04. The number of ether oxygens (including phenoxy) is 1. The third-order valence-corrected chi connectivity index (χ3v) is 6.69. The van der Waals surface area contributed by atoms with Crippen molar-refractivity contribution < 1.29 is 24.3 Å². The minimum absolute atomic E-state index is 0.000801. The summed E-state index contributed by atoms with van der Waals surface area (Å²) in [5.74, 6) is 0.253. The molecule has 0 aliphatic rings. The fourth-order valence-electron chi connectivity index (χ4n) is 4.25. The van der Waals surface area contributed by atoms with E-state index in [1.54, 1.807) is 54.7 Å². The number of aromatic carboxylic acids is 1. The molecule has 0 radical (unpaired) electrons. The molecular weight excluding hydrogens is 515 g/mol. The molecule has 9 heteroatoms. The van der Waals surface area contributed by atoms with Gasteiger partial charge in [0.1, 0.15) is 23.8 Å². The van der Waals surface area contributed by atoms with Gasteiger partial charge in [-0.1, -0.05) is 54.3 Å². The Hall–Kier alpha value is -3.94. The molecule has 5 rings (SSSR count). The summed E-state index contributed by atoms with van der Waals surface area (Å²) >= 11 is 12.9. The first-order valence-corrected chi connectivity index (χ1v) is 12.2. The fourth-order valence-corrected chi connectivity index (χ4v) is 4.82. The molecule has 5 aromatic rings. The van der Waals surface area contributed by atoms with Crippen LogP contribution in [0.3, 0.4) is 0 Å². The summed E-state index contributed by atoms with van der Waals surface area (Å²) in [4.78, 5) is 11.4. The van der Waals surface area contributed by atoms with Crippen molar-refractivity contribution in [2.45, 2.75) is 26.4 Å². The van der Waals surface area contributed by atoms with Gasteiger partial charge in [-0.05, 0) is 48.5 Å². The van der Waals surface area contributed by atoms with Crippen LogP contribution in [0.15, 0.2) is 71.4 Å².